The number of carbonyl (C=O) groups is 2. The van der Waals surface area contributed by atoms with Gasteiger partial charge in [-0.3, -0.25) is 9.59 Å². The molecule has 0 unspecified atom stereocenters. The number of ketones is 1. The fourth-order valence-corrected chi connectivity index (χ4v) is 2.22. The van der Waals surface area contributed by atoms with Crippen molar-refractivity contribution in [2.75, 3.05) is 6.54 Å². The van der Waals surface area contributed by atoms with Gasteiger partial charge in [-0.1, -0.05) is 41.5 Å². The number of Topliss-reactive ketones (excluding diaryl/α,β-unsaturated/α-hetero) is 1. The molecule has 1 rings (SSSR count). The van der Waals surface area contributed by atoms with Crippen molar-refractivity contribution < 1.29 is 14.7 Å². The molecule has 1 saturated heterocycles. The first-order valence-corrected chi connectivity index (χ1v) is 6.48. The summed E-state index contributed by atoms with van der Waals surface area (Å²) in [5.41, 5.74) is -1.02. The summed E-state index contributed by atoms with van der Waals surface area (Å²) in [6.45, 7) is 11.3. The normalized spacial score (nSPS) is 25.4. The first kappa shape index (κ1) is 15.2. The molecule has 2 atom stereocenters. The summed E-state index contributed by atoms with van der Waals surface area (Å²) in [6.07, 6.45) is -0.231. The van der Waals surface area contributed by atoms with Gasteiger partial charge < -0.3 is 10.0 Å². The van der Waals surface area contributed by atoms with Gasteiger partial charge in [0, 0.05) is 23.8 Å². The maximum absolute atomic E-state index is 12.3. The molecule has 0 aromatic heterocycles. The van der Waals surface area contributed by atoms with Crippen LogP contribution in [0.1, 0.15) is 48.0 Å². The second-order valence-electron chi connectivity index (χ2n) is 7.23. The van der Waals surface area contributed by atoms with Gasteiger partial charge in [0.1, 0.15) is 0 Å². The lowest BCUT2D eigenvalue weighted by molar-refractivity contribution is -0.146. The Morgan fingerprint density at radius 1 is 1.06 bits per heavy atom. The maximum Gasteiger partial charge on any atom is 0.228 e. The maximum atomic E-state index is 12.3. The number of β-amino-alcohol motifs (C(OH)–C–C–N with tert-alkyl or cyclic N) is 1. The molecule has 0 aromatic rings. The Morgan fingerprint density at radius 2 is 1.56 bits per heavy atom. The molecule has 0 bridgehead atoms. The highest BCUT2D eigenvalue weighted by Crippen LogP contribution is 2.30. The first-order valence-electron chi connectivity index (χ1n) is 6.48. The third-order valence-electron chi connectivity index (χ3n) is 3.22. The van der Waals surface area contributed by atoms with Crippen molar-refractivity contribution in [3.8, 4) is 0 Å². The van der Waals surface area contributed by atoms with Crippen molar-refractivity contribution in [3.05, 3.63) is 0 Å². The van der Waals surface area contributed by atoms with E-state index in [-0.39, 0.29) is 18.2 Å². The van der Waals surface area contributed by atoms with Gasteiger partial charge in [0.25, 0.3) is 0 Å². The first-order chi connectivity index (χ1) is 7.94. The minimum atomic E-state index is -0.590. The molecule has 4 nitrogen and oxygen atoms in total. The average Bonchev–Trinajstić information content (AvgIpc) is 2.54. The number of likely N-dealkylation sites (tertiary alicyclic amines) is 1. The summed E-state index contributed by atoms with van der Waals surface area (Å²) in [5, 5.41) is 9.75. The quantitative estimate of drug-likeness (QED) is 0.774. The summed E-state index contributed by atoms with van der Waals surface area (Å²) < 4.78 is 0. The van der Waals surface area contributed by atoms with Crippen molar-refractivity contribution in [3.63, 3.8) is 0 Å². The highest BCUT2D eigenvalue weighted by Gasteiger charge is 2.44. The van der Waals surface area contributed by atoms with Crippen LogP contribution in [0.2, 0.25) is 0 Å². The van der Waals surface area contributed by atoms with E-state index in [1.807, 2.05) is 41.5 Å². The van der Waals surface area contributed by atoms with Gasteiger partial charge in [0.05, 0.1) is 12.1 Å². The SMILES string of the molecule is CC(C)(C)C(=O)[C@H]1C[C@@H](O)CN1C(=O)C(C)(C)C. The molecule has 0 saturated carbocycles. The zero-order valence-electron chi connectivity index (χ0n) is 12.3. The van der Waals surface area contributed by atoms with Crippen LogP contribution < -0.4 is 0 Å². The van der Waals surface area contributed by atoms with E-state index in [0.717, 1.165) is 0 Å². The Labute approximate surface area is 109 Å². The highest BCUT2D eigenvalue weighted by molar-refractivity contribution is 5.94. The highest BCUT2D eigenvalue weighted by atomic mass is 16.3. The number of amides is 1. The molecule has 1 aliphatic rings. The molecule has 4 heteroatoms. The number of hydrogen-bond acceptors (Lipinski definition) is 3. The lowest BCUT2D eigenvalue weighted by Gasteiger charge is -2.32. The molecular formula is C14H25NO3. The predicted octanol–water partition coefficient (Wildman–Crippen LogP) is 1.61. The van der Waals surface area contributed by atoms with Gasteiger partial charge in [-0.05, 0) is 0 Å². The summed E-state index contributed by atoms with van der Waals surface area (Å²) in [4.78, 5) is 26.2. The van der Waals surface area contributed by atoms with Gasteiger partial charge in [0.15, 0.2) is 5.78 Å². The Kier molecular flexibility index (Phi) is 3.92. The van der Waals surface area contributed by atoms with Crippen LogP contribution in [0.3, 0.4) is 0 Å². The van der Waals surface area contributed by atoms with E-state index in [2.05, 4.69) is 0 Å². The van der Waals surface area contributed by atoms with Crippen LogP contribution in [0.15, 0.2) is 0 Å². The van der Waals surface area contributed by atoms with E-state index in [1.165, 1.54) is 0 Å². The predicted molar refractivity (Wildman–Crippen MR) is 70.0 cm³/mol. The van der Waals surface area contributed by atoms with E-state index in [4.69, 9.17) is 0 Å². The number of hydrogen-bond donors (Lipinski definition) is 1. The van der Waals surface area contributed by atoms with Crippen LogP contribution in [-0.4, -0.2) is 40.4 Å². The van der Waals surface area contributed by atoms with Crippen LogP contribution in [0.25, 0.3) is 0 Å². The third kappa shape index (κ3) is 3.10. The molecular weight excluding hydrogens is 230 g/mol. The van der Waals surface area contributed by atoms with Crippen molar-refractivity contribution in [1.29, 1.82) is 0 Å². The van der Waals surface area contributed by atoms with Crippen LogP contribution >= 0.6 is 0 Å². The van der Waals surface area contributed by atoms with Gasteiger partial charge in [-0.15, -0.1) is 0 Å². The zero-order valence-corrected chi connectivity index (χ0v) is 12.3. The minimum absolute atomic E-state index is 0.0247. The Balaban J connectivity index is 2.97. The Bertz CT molecular complexity index is 315. The zero-order chi connectivity index (χ0) is 14.3. The molecule has 0 radical (unpaired) electrons. The summed E-state index contributed by atoms with van der Waals surface area (Å²) >= 11 is 0. The average molecular weight is 255 g/mol. The number of rotatable bonds is 1. The Hall–Kier alpha value is -0.900. The van der Waals surface area contributed by atoms with E-state index in [1.54, 1.807) is 4.90 Å². The monoisotopic (exact) mass is 255 g/mol. The van der Waals surface area contributed by atoms with Gasteiger partial charge >= 0.3 is 0 Å². The fraction of sp³-hybridized carbons (Fsp3) is 0.857. The summed E-state index contributed by atoms with van der Waals surface area (Å²) in [6, 6.07) is -0.480. The fourth-order valence-electron chi connectivity index (χ4n) is 2.22. The van der Waals surface area contributed by atoms with Gasteiger partial charge in [-0.2, -0.15) is 0 Å². The molecule has 0 aliphatic carbocycles. The third-order valence-corrected chi connectivity index (χ3v) is 3.22. The molecule has 18 heavy (non-hydrogen) atoms. The van der Waals surface area contributed by atoms with Crippen LogP contribution in [-0.2, 0) is 9.59 Å². The van der Waals surface area contributed by atoms with Crippen LogP contribution in [0.5, 0.6) is 0 Å². The van der Waals surface area contributed by atoms with E-state index in [9.17, 15) is 14.7 Å². The largest absolute Gasteiger partial charge is 0.391 e. The molecule has 0 aromatic carbocycles. The topological polar surface area (TPSA) is 57.6 Å². The number of aliphatic hydroxyl groups is 1. The second kappa shape index (κ2) is 4.65. The van der Waals surface area contributed by atoms with E-state index in [0.29, 0.717) is 6.42 Å². The lowest BCUT2D eigenvalue weighted by Crippen LogP contribution is -2.48. The van der Waals surface area contributed by atoms with Gasteiger partial charge in [0.2, 0.25) is 5.91 Å². The molecule has 1 aliphatic heterocycles. The molecule has 1 heterocycles. The minimum Gasteiger partial charge on any atom is -0.391 e. The number of nitrogens with zero attached hydrogens (tertiary/aromatic N) is 1. The van der Waals surface area contributed by atoms with Crippen molar-refractivity contribution in [1.82, 2.24) is 4.90 Å². The molecule has 0 spiro atoms. The van der Waals surface area contributed by atoms with Crippen molar-refractivity contribution >= 4 is 11.7 Å². The van der Waals surface area contributed by atoms with E-state index >= 15 is 0 Å². The molecule has 1 amide bonds. The van der Waals surface area contributed by atoms with Crippen LogP contribution in [0, 0.1) is 10.8 Å². The standard InChI is InChI=1S/C14H25NO3/c1-13(2,3)11(17)10-7-9(16)8-15(10)12(18)14(4,5)6/h9-10,16H,7-8H2,1-6H3/t9-,10-/m1/s1. The smallest absolute Gasteiger partial charge is 0.228 e. The lowest BCUT2D eigenvalue weighted by atomic mass is 9.84. The Morgan fingerprint density at radius 3 is 1.94 bits per heavy atom. The van der Waals surface area contributed by atoms with Crippen LogP contribution in [0.4, 0.5) is 0 Å². The van der Waals surface area contributed by atoms with Gasteiger partial charge in [-0.25, -0.2) is 0 Å². The van der Waals surface area contributed by atoms with Crippen molar-refractivity contribution in [2.45, 2.75) is 60.1 Å². The number of carbonyl (C=O) groups excluding carboxylic acids is 2. The van der Waals surface area contributed by atoms with E-state index < -0.39 is 23.0 Å². The summed E-state index contributed by atoms with van der Waals surface area (Å²) in [7, 11) is 0. The molecule has 1 fully saturated rings. The molecule has 104 valence electrons. The van der Waals surface area contributed by atoms with Crippen molar-refractivity contribution in [2.24, 2.45) is 10.8 Å². The number of aliphatic hydroxyl groups excluding tert-OH is 1. The molecule has 1 N–H and O–H groups in total. The second-order valence-corrected chi connectivity index (χ2v) is 7.23. The summed E-state index contributed by atoms with van der Waals surface area (Å²) in [5.74, 6) is -0.0432.